The Kier molecular flexibility index (Phi) is 5.66. The molecular formula is C22H24N2O3. The number of nitriles is 1. The first-order valence-corrected chi connectivity index (χ1v) is 9.17. The van der Waals surface area contributed by atoms with Crippen LogP contribution in [0.5, 0.6) is 0 Å². The van der Waals surface area contributed by atoms with Gasteiger partial charge < -0.3 is 13.7 Å². The highest BCUT2D eigenvalue weighted by Gasteiger charge is 2.19. The lowest BCUT2D eigenvalue weighted by Gasteiger charge is -2.20. The molecule has 0 saturated heterocycles. The third-order valence-electron chi connectivity index (χ3n) is 4.78. The van der Waals surface area contributed by atoms with Gasteiger partial charge in [-0.15, -0.1) is 0 Å². The van der Waals surface area contributed by atoms with Gasteiger partial charge in [-0.1, -0.05) is 13.8 Å². The monoisotopic (exact) mass is 364 g/mol. The van der Waals surface area contributed by atoms with Gasteiger partial charge in [-0.3, -0.25) is 4.79 Å². The smallest absolute Gasteiger partial charge is 0.227 e. The number of rotatable bonds is 7. The number of fused-ring (bicyclic) bond motifs is 1. The zero-order valence-corrected chi connectivity index (χ0v) is 16.0. The molecule has 0 bridgehead atoms. The van der Waals surface area contributed by atoms with Crippen LogP contribution in [0.2, 0.25) is 0 Å². The van der Waals surface area contributed by atoms with Crippen LogP contribution in [0.1, 0.15) is 48.6 Å². The zero-order valence-electron chi connectivity index (χ0n) is 16.0. The van der Waals surface area contributed by atoms with Crippen LogP contribution in [0.15, 0.2) is 45.6 Å². The Morgan fingerprint density at radius 3 is 2.78 bits per heavy atom. The maximum Gasteiger partial charge on any atom is 0.227 e. The van der Waals surface area contributed by atoms with Gasteiger partial charge in [0.1, 0.15) is 11.3 Å². The number of benzene rings is 1. The number of furan rings is 2. The molecule has 27 heavy (non-hydrogen) atoms. The van der Waals surface area contributed by atoms with Crippen molar-refractivity contribution in [3.63, 3.8) is 0 Å². The Morgan fingerprint density at radius 1 is 1.30 bits per heavy atom. The van der Waals surface area contributed by atoms with Crippen molar-refractivity contribution in [1.82, 2.24) is 4.90 Å². The Balaban J connectivity index is 1.84. The van der Waals surface area contributed by atoms with Gasteiger partial charge in [-0.2, -0.15) is 5.26 Å². The van der Waals surface area contributed by atoms with Crippen LogP contribution in [-0.4, -0.2) is 17.4 Å². The molecule has 3 aromatic rings. The van der Waals surface area contributed by atoms with E-state index in [4.69, 9.17) is 14.1 Å². The maximum absolute atomic E-state index is 12.9. The largest absolute Gasteiger partial charge is 0.467 e. The van der Waals surface area contributed by atoms with Gasteiger partial charge in [-0.05, 0) is 48.2 Å². The minimum Gasteiger partial charge on any atom is -0.467 e. The molecule has 0 radical (unpaired) electrons. The van der Waals surface area contributed by atoms with E-state index in [0.717, 1.165) is 16.5 Å². The van der Waals surface area contributed by atoms with E-state index < -0.39 is 0 Å². The number of amides is 1. The van der Waals surface area contributed by atoms with Crippen molar-refractivity contribution < 1.29 is 13.6 Å². The van der Waals surface area contributed by atoms with Gasteiger partial charge in [0.15, 0.2) is 0 Å². The maximum atomic E-state index is 12.9. The highest BCUT2D eigenvalue weighted by Crippen LogP contribution is 2.29. The standard InChI is InChI=1S/C22H24N2O3/c1-15(2)19-12-20-17(14-27-21(20)10-16(19)3)11-22(25)24(8-5-7-23)13-18-6-4-9-26-18/h4,6,9-10,12,14-15H,5,8,11,13H2,1-3H3. The number of carbonyl (C=O) groups excluding carboxylic acids is 1. The number of carbonyl (C=O) groups is 1. The second-order valence-electron chi connectivity index (χ2n) is 7.10. The van der Waals surface area contributed by atoms with E-state index in [1.807, 2.05) is 12.1 Å². The molecule has 0 saturated carbocycles. The summed E-state index contributed by atoms with van der Waals surface area (Å²) in [4.78, 5) is 14.6. The van der Waals surface area contributed by atoms with Crippen molar-refractivity contribution in [2.24, 2.45) is 0 Å². The van der Waals surface area contributed by atoms with Crippen LogP contribution in [0.3, 0.4) is 0 Å². The topological polar surface area (TPSA) is 70.4 Å². The van der Waals surface area contributed by atoms with Crippen molar-refractivity contribution in [2.75, 3.05) is 6.54 Å². The van der Waals surface area contributed by atoms with Gasteiger partial charge in [0, 0.05) is 17.5 Å². The van der Waals surface area contributed by atoms with Crippen molar-refractivity contribution >= 4 is 16.9 Å². The van der Waals surface area contributed by atoms with Crippen molar-refractivity contribution in [2.45, 2.75) is 46.1 Å². The van der Waals surface area contributed by atoms with Crippen LogP contribution >= 0.6 is 0 Å². The van der Waals surface area contributed by atoms with Gasteiger partial charge in [0.2, 0.25) is 5.91 Å². The number of hydrogen-bond donors (Lipinski definition) is 0. The molecule has 0 atom stereocenters. The molecule has 0 N–H and O–H groups in total. The molecule has 3 rings (SSSR count). The highest BCUT2D eigenvalue weighted by molar-refractivity contribution is 5.88. The van der Waals surface area contributed by atoms with E-state index in [0.29, 0.717) is 24.8 Å². The predicted octanol–water partition coefficient (Wildman–Crippen LogP) is 4.94. The molecule has 0 aliphatic rings. The first-order valence-electron chi connectivity index (χ1n) is 9.17. The summed E-state index contributed by atoms with van der Waals surface area (Å²) in [5.74, 6) is 1.06. The lowest BCUT2D eigenvalue weighted by Crippen LogP contribution is -2.32. The zero-order chi connectivity index (χ0) is 19.4. The summed E-state index contributed by atoms with van der Waals surface area (Å²) in [5, 5.41) is 9.89. The molecular weight excluding hydrogens is 340 g/mol. The third kappa shape index (κ3) is 4.22. The number of hydrogen-bond acceptors (Lipinski definition) is 4. The molecule has 0 fully saturated rings. The average Bonchev–Trinajstić information content (AvgIpc) is 3.27. The van der Waals surface area contributed by atoms with E-state index >= 15 is 0 Å². The van der Waals surface area contributed by atoms with Crippen LogP contribution in [-0.2, 0) is 17.8 Å². The molecule has 0 spiro atoms. The second-order valence-corrected chi connectivity index (χ2v) is 7.10. The molecule has 140 valence electrons. The summed E-state index contributed by atoms with van der Waals surface area (Å²) in [6.07, 6.45) is 3.78. The van der Waals surface area contributed by atoms with Crippen LogP contribution in [0.25, 0.3) is 11.0 Å². The SMILES string of the molecule is Cc1cc2occ(CC(=O)N(CCC#N)Cc3ccco3)c2cc1C(C)C. The highest BCUT2D eigenvalue weighted by atomic mass is 16.3. The van der Waals surface area contributed by atoms with Gasteiger partial charge in [0.05, 0.1) is 38.0 Å². The average molecular weight is 364 g/mol. The van der Waals surface area contributed by atoms with Crippen molar-refractivity contribution in [3.8, 4) is 6.07 Å². The first kappa shape index (κ1) is 18.8. The Hall–Kier alpha value is -3.00. The van der Waals surface area contributed by atoms with Crippen LogP contribution < -0.4 is 0 Å². The normalized spacial score (nSPS) is 11.1. The quantitative estimate of drug-likeness (QED) is 0.595. The molecule has 2 heterocycles. The fourth-order valence-electron chi connectivity index (χ4n) is 3.35. The molecule has 1 aromatic carbocycles. The summed E-state index contributed by atoms with van der Waals surface area (Å²) >= 11 is 0. The summed E-state index contributed by atoms with van der Waals surface area (Å²) in [5.41, 5.74) is 4.13. The van der Waals surface area contributed by atoms with E-state index in [1.165, 1.54) is 11.1 Å². The summed E-state index contributed by atoms with van der Waals surface area (Å²) in [6.45, 7) is 7.13. The molecule has 0 aliphatic heterocycles. The van der Waals surface area contributed by atoms with E-state index in [1.54, 1.807) is 23.5 Å². The Labute approximate surface area is 159 Å². The van der Waals surface area contributed by atoms with E-state index in [2.05, 4.69) is 32.9 Å². The van der Waals surface area contributed by atoms with Crippen molar-refractivity contribution in [3.05, 3.63) is 59.2 Å². The first-order chi connectivity index (χ1) is 13.0. The summed E-state index contributed by atoms with van der Waals surface area (Å²) in [7, 11) is 0. The van der Waals surface area contributed by atoms with E-state index in [-0.39, 0.29) is 18.7 Å². The van der Waals surface area contributed by atoms with Gasteiger partial charge >= 0.3 is 0 Å². The molecule has 5 nitrogen and oxygen atoms in total. The lowest BCUT2D eigenvalue weighted by atomic mass is 9.95. The molecule has 0 unspecified atom stereocenters. The predicted molar refractivity (Wildman–Crippen MR) is 103 cm³/mol. The minimum atomic E-state index is -0.0454. The van der Waals surface area contributed by atoms with Crippen LogP contribution in [0, 0.1) is 18.3 Å². The fraction of sp³-hybridized carbons (Fsp3) is 0.364. The van der Waals surface area contributed by atoms with Gasteiger partial charge in [-0.25, -0.2) is 0 Å². The lowest BCUT2D eigenvalue weighted by molar-refractivity contribution is -0.131. The Bertz CT molecular complexity index is 962. The number of aryl methyl sites for hydroxylation is 1. The van der Waals surface area contributed by atoms with Gasteiger partial charge in [0.25, 0.3) is 0 Å². The molecule has 0 aliphatic carbocycles. The molecule has 2 aromatic heterocycles. The van der Waals surface area contributed by atoms with Crippen LogP contribution in [0.4, 0.5) is 0 Å². The number of nitrogens with zero attached hydrogens (tertiary/aromatic N) is 2. The summed E-state index contributed by atoms with van der Waals surface area (Å²) < 4.78 is 11.1. The van der Waals surface area contributed by atoms with Crippen molar-refractivity contribution in [1.29, 1.82) is 5.26 Å². The fourth-order valence-corrected chi connectivity index (χ4v) is 3.35. The Morgan fingerprint density at radius 2 is 2.11 bits per heavy atom. The third-order valence-corrected chi connectivity index (χ3v) is 4.78. The van der Waals surface area contributed by atoms with E-state index in [9.17, 15) is 4.79 Å². The summed E-state index contributed by atoms with van der Waals surface area (Å²) in [6, 6.07) is 9.90. The molecule has 5 heteroatoms. The molecule has 1 amide bonds. The second kappa shape index (κ2) is 8.13. The minimum absolute atomic E-state index is 0.0454.